The fourth-order valence-corrected chi connectivity index (χ4v) is 5.99. The van der Waals surface area contributed by atoms with Crippen LogP contribution >= 0.6 is 0 Å². The number of hydrogen-bond donors (Lipinski definition) is 1. The number of ether oxygens (including phenoxy) is 4. The van der Waals surface area contributed by atoms with Crippen molar-refractivity contribution in [2.75, 3.05) is 33.5 Å². The highest BCUT2D eigenvalue weighted by Gasteiger charge is 2.38. The van der Waals surface area contributed by atoms with Crippen LogP contribution in [0.3, 0.4) is 0 Å². The Morgan fingerprint density at radius 1 is 0.500 bits per heavy atom. The van der Waals surface area contributed by atoms with Gasteiger partial charge in [-0.15, -0.1) is 0 Å². The third kappa shape index (κ3) is 9.80. The molecule has 1 atom stereocenters. The van der Waals surface area contributed by atoms with Crippen molar-refractivity contribution in [1.82, 2.24) is 0 Å². The number of benzene rings is 5. The maximum absolute atomic E-state index is 10.9. The van der Waals surface area contributed by atoms with Gasteiger partial charge < -0.3 is 24.1 Å². The molecule has 5 nitrogen and oxygen atoms in total. The van der Waals surface area contributed by atoms with Crippen LogP contribution in [0.1, 0.15) is 55.2 Å². The van der Waals surface area contributed by atoms with Crippen molar-refractivity contribution in [1.29, 1.82) is 0 Å². The minimum atomic E-state index is -0.909. The lowest BCUT2D eigenvalue weighted by atomic mass is 9.80. The summed E-state index contributed by atoms with van der Waals surface area (Å²) in [5.74, 6) is 1.70. The van der Waals surface area contributed by atoms with E-state index in [0.717, 1.165) is 60.5 Å². The maximum atomic E-state index is 10.9. The molecular formula is C43H48O5. The summed E-state index contributed by atoms with van der Waals surface area (Å²) < 4.78 is 24.0. The molecule has 0 fully saturated rings. The van der Waals surface area contributed by atoms with E-state index in [9.17, 15) is 5.11 Å². The van der Waals surface area contributed by atoms with Crippen molar-refractivity contribution < 1.29 is 24.1 Å². The van der Waals surface area contributed by atoms with Crippen LogP contribution in [0.5, 0.6) is 11.5 Å². The molecule has 0 amide bonds. The van der Waals surface area contributed by atoms with E-state index in [-0.39, 0.29) is 13.2 Å². The van der Waals surface area contributed by atoms with Crippen molar-refractivity contribution in [2.24, 2.45) is 0 Å². The molecule has 1 N–H and O–H groups in total. The molecule has 0 saturated heterocycles. The first-order valence-electron chi connectivity index (χ1n) is 17.1. The highest BCUT2D eigenvalue weighted by molar-refractivity contribution is 5.63. The van der Waals surface area contributed by atoms with Crippen molar-refractivity contribution in [3.05, 3.63) is 156 Å². The third-order valence-electron chi connectivity index (χ3n) is 8.57. The van der Waals surface area contributed by atoms with Gasteiger partial charge in [-0.25, -0.2) is 0 Å². The van der Waals surface area contributed by atoms with Crippen LogP contribution in [0.15, 0.2) is 140 Å². The molecule has 0 aromatic heterocycles. The van der Waals surface area contributed by atoms with Crippen molar-refractivity contribution in [3.8, 4) is 22.6 Å². The topological polar surface area (TPSA) is 57.2 Å². The Labute approximate surface area is 286 Å². The van der Waals surface area contributed by atoms with Crippen molar-refractivity contribution >= 4 is 0 Å². The number of methoxy groups -OCH3 is 1. The highest BCUT2D eigenvalue weighted by Crippen LogP contribution is 2.41. The van der Waals surface area contributed by atoms with Gasteiger partial charge in [0.1, 0.15) is 23.2 Å². The monoisotopic (exact) mass is 644 g/mol. The smallest absolute Gasteiger partial charge is 0.143 e. The number of unbranched alkanes of at least 4 members (excludes halogenated alkanes) is 5. The van der Waals surface area contributed by atoms with Gasteiger partial charge in [0.2, 0.25) is 0 Å². The molecule has 250 valence electrons. The Morgan fingerprint density at radius 3 is 1.56 bits per heavy atom. The van der Waals surface area contributed by atoms with Crippen LogP contribution in [-0.4, -0.2) is 44.7 Å². The van der Waals surface area contributed by atoms with Gasteiger partial charge in [-0.1, -0.05) is 141 Å². The molecule has 5 aromatic rings. The van der Waals surface area contributed by atoms with Crippen LogP contribution in [0.25, 0.3) is 11.1 Å². The van der Waals surface area contributed by atoms with Gasteiger partial charge in [0.05, 0.1) is 26.9 Å². The van der Waals surface area contributed by atoms with E-state index in [4.69, 9.17) is 18.9 Å². The lowest BCUT2D eigenvalue weighted by Gasteiger charge is -2.36. The van der Waals surface area contributed by atoms with Crippen LogP contribution in [0.4, 0.5) is 0 Å². The van der Waals surface area contributed by atoms with Gasteiger partial charge in [0.25, 0.3) is 0 Å². The first kappa shape index (κ1) is 34.9. The molecule has 0 aliphatic carbocycles. The largest absolute Gasteiger partial charge is 0.497 e. The molecule has 5 aromatic carbocycles. The third-order valence-corrected chi connectivity index (χ3v) is 8.57. The standard InChI is InChI=1S/C43H48O5/c1-45-41-29-25-39(26-30-41)43(37-19-11-7-12-20-37,38-21-13-8-14-22-38)48-34-40(44)33-46-31-15-4-2-3-5-16-32-47-42-27-23-36(24-28-42)35-17-9-6-10-18-35/h6-14,17-30,40,44H,2-5,15-16,31-34H2,1H3. The normalized spacial score (nSPS) is 12.0. The Kier molecular flexibility index (Phi) is 13.7. The summed E-state index contributed by atoms with van der Waals surface area (Å²) in [6, 6.07) is 47.0. The van der Waals surface area contributed by atoms with Crippen LogP contribution in [0, 0.1) is 0 Å². The lowest BCUT2D eigenvalue weighted by molar-refractivity contribution is -0.0641. The number of hydrogen-bond acceptors (Lipinski definition) is 5. The predicted octanol–water partition coefficient (Wildman–Crippen LogP) is 9.47. The SMILES string of the molecule is COc1ccc(C(OCC(O)COCCCCCCCCOc2ccc(-c3ccccc3)cc2)(c2ccccc2)c2ccccc2)cc1. The van der Waals surface area contributed by atoms with Gasteiger partial charge in [-0.2, -0.15) is 0 Å². The zero-order valence-electron chi connectivity index (χ0n) is 28.0. The molecule has 0 bridgehead atoms. The first-order valence-corrected chi connectivity index (χ1v) is 17.1. The summed E-state index contributed by atoms with van der Waals surface area (Å²) in [6.45, 7) is 1.71. The lowest BCUT2D eigenvalue weighted by Crippen LogP contribution is -2.36. The van der Waals surface area contributed by atoms with Crippen molar-refractivity contribution in [3.63, 3.8) is 0 Å². The Hall–Kier alpha value is -4.42. The molecule has 0 heterocycles. The number of rotatable bonds is 20. The second-order valence-electron chi connectivity index (χ2n) is 12.0. The van der Waals surface area contributed by atoms with E-state index in [1.165, 1.54) is 24.0 Å². The van der Waals surface area contributed by atoms with E-state index in [1.807, 2.05) is 66.7 Å². The second kappa shape index (κ2) is 18.8. The summed E-state index contributed by atoms with van der Waals surface area (Å²) >= 11 is 0. The summed E-state index contributed by atoms with van der Waals surface area (Å²) in [5, 5.41) is 10.9. The molecule has 48 heavy (non-hydrogen) atoms. The molecule has 5 heteroatoms. The molecule has 5 rings (SSSR count). The van der Waals surface area contributed by atoms with E-state index in [2.05, 4.69) is 72.8 Å². The Bertz CT molecular complexity index is 1530. The van der Waals surface area contributed by atoms with E-state index in [1.54, 1.807) is 7.11 Å². The number of aliphatic hydroxyl groups excluding tert-OH is 1. The summed E-state index contributed by atoms with van der Waals surface area (Å²) in [4.78, 5) is 0. The molecule has 0 radical (unpaired) electrons. The number of aliphatic hydroxyl groups is 1. The fourth-order valence-electron chi connectivity index (χ4n) is 5.99. The van der Waals surface area contributed by atoms with Gasteiger partial charge in [-0.3, -0.25) is 0 Å². The second-order valence-corrected chi connectivity index (χ2v) is 12.0. The fraction of sp³-hybridized carbons (Fsp3) is 0.302. The van der Waals surface area contributed by atoms with E-state index < -0.39 is 11.7 Å². The average molecular weight is 645 g/mol. The molecule has 1 unspecified atom stereocenters. The molecular weight excluding hydrogens is 596 g/mol. The molecule has 0 saturated carbocycles. The Morgan fingerprint density at radius 2 is 0.979 bits per heavy atom. The Balaban J connectivity index is 1.01. The summed E-state index contributed by atoms with van der Waals surface area (Å²) in [5.41, 5.74) is 4.44. The zero-order valence-corrected chi connectivity index (χ0v) is 28.0. The maximum Gasteiger partial charge on any atom is 0.143 e. The van der Waals surface area contributed by atoms with Gasteiger partial charge >= 0.3 is 0 Å². The average Bonchev–Trinajstić information content (AvgIpc) is 3.16. The highest BCUT2D eigenvalue weighted by atomic mass is 16.5. The first-order chi connectivity index (χ1) is 23.7. The minimum Gasteiger partial charge on any atom is -0.497 e. The molecule has 0 spiro atoms. The van der Waals surface area contributed by atoms with Crippen LogP contribution in [0.2, 0.25) is 0 Å². The van der Waals surface area contributed by atoms with Crippen molar-refractivity contribution in [2.45, 2.75) is 50.2 Å². The quantitative estimate of drug-likeness (QED) is 0.0676. The molecule has 0 aliphatic rings. The van der Waals surface area contributed by atoms with Crippen LogP contribution < -0.4 is 9.47 Å². The molecule has 0 aliphatic heterocycles. The summed E-state index contributed by atoms with van der Waals surface area (Å²) in [6.07, 6.45) is 5.87. The predicted molar refractivity (Wildman–Crippen MR) is 194 cm³/mol. The van der Waals surface area contributed by atoms with Gasteiger partial charge in [0, 0.05) is 6.61 Å². The van der Waals surface area contributed by atoms with Crippen LogP contribution in [-0.2, 0) is 15.1 Å². The summed E-state index contributed by atoms with van der Waals surface area (Å²) in [7, 11) is 1.66. The minimum absolute atomic E-state index is 0.120. The van der Waals surface area contributed by atoms with E-state index in [0.29, 0.717) is 6.61 Å². The van der Waals surface area contributed by atoms with Gasteiger partial charge in [-0.05, 0) is 64.9 Å². The van der Waals surface area contributed by atoms with E-state index >= 15 is 0 Å². The zero-order chi connectivity index (χ0) is 33.3. The van der Waals surface area contributed by atoms with Gasteiger partial charge in [0.15, 0.2) is 0 Å².